The molecule has 0 bridgehead atoms. The monoisotopic (exact) mass is 292 g/mol. The molecule has 114 valence electrons. The number of aromatic nitrogens is 3. The Morgan fingerprint density at radius 1 is 1.24 bits per heavy atom. The van der Waals surface area contributed by atoms with Crippen molar-refractivity contribution in [3.63, 3.8) is 0 Å². The third kappa shape index (κ3) is 3.63. The number of hydrogen-bond donors (Lipinski definition) is 2. The molecular weight excluding hydrogens is 272 g/mol. The van der Waals surface area contributed by atoms with Gasteiger partial charge in [-0.2, -0.15) is 0 Å². The van der Waals surface area contributed by atoms with Crippen LogP contribution in [-0.4, -0.2) is 40.9 Å². The van der Waals surface area contributed by atoms with Gasteiger partial charge in [-0.1, -0.05) is 5.21 Å². The van der Waals surface area contributed by atoms with Gasteiger partial charge in [0.2, 0.25) is 0 Å². The van der Waals surface area contributed by atoms with Crippen molar-refractivity contribution >= 4 is 5.69 Å². The summed E-state index contributed by atoms with van der Waals surface area (Å²) in [5.74, 6) is 1.38. The molecule has 2 aromatic rings. The maximum Gasteiger partial charge on any atom is 0.162 e. The van der Waals surface area contributed by atoms with E-state index in [0.717, 1.165) is 16.9 Å². The molecule has 0 amide bonds. The summed E-state index contributed by atoms with van der Waals surface area (Å²) in [6.45, 7) is 3.03. The van der Waals surface area contributed by atoms with Crippen molar-refractivity contribution in [3.8, 4) is 11.5 Å². The highest BCUT2D eigenvalue weighted by atomic mass is 16.5. The van der Waals surface area contributed by atoms with Crippen LogP contribution in [0, 0.1) is 6.92 Å². The normalized spacial score (nSPS) is 10.5. The molecule has 2 rings (SSSR count). The molecule has 1 aromatic carbocycles. The summed E-state index contributed by atoms with van der Waals surface area (Å²) in [5.41, 5.74) is 2.80. The molecule has 0 aliphatic rings. The largest absolute Gasteiger partial charge is 0.493 e. The first-order valence-electron chi connectivity index (χ1n) is 6.64. The summed E-state index contributed by atoms with van der Waals surface area (Å²) in [5, 5.41) is 20.1. The molecule has 2 N–H and O–H groups in total. The van der Waals surface area contributed by atoms with Crippen molar-refractivity contribution in [1.29, 1.82) is 0 Å². The predicted molar refractivity (Wildman–Crippen MR) is 78.7 cm³/mol. The topological polar surface area (TPSA) is 81.4 Å². The second kappa shape index (κ2) is 6.94. The Kier molecular flexibility index (Phi) is 4.99. The van der Waals surface area contributed by atoms with E-state index in [9.17, 15) is 0 Å². The highest BCUT2D eigenvalue weighted by Gasteiger charge is 2.09. The van der Waals surface area contributed by atoms with Gasteiger partial charge in [0.15, 0.2) is 11.5 Å². The molecule has 7 heteroatoms. The molecule has 0 aliphatic carbocycles. The van der Waals surface area contributed by atoms with Crippen molar-refractivity contribution in [2.75, 3.05) is 26.1 Å². The SMILES string of the molecule is COc1cc(C)c(NCc2cn(CCO)nn2)cc1OC. The van der Waals surface area contributed by atoms with Gasteiger partial charge in [0.1, 0.15) is 5.69 Å². The first-order valence-corrected chi connectivity index (χ1v) is 6.64. The molecule has 7 nitrogen and oxygen atoms in total. The Labute approximate surface area is 123 Å². The second-order valence-corrected chi connectivity index (χ2v) is 4.57. The van der Waals surface area contributed by atoms with Crippen molar-refractivity contribution in [2.24, 2.45) is 0 Å². The first-order chi connectivity index (χ1) is 10.2. The molecule has 0 aliphatic heterocycles. The van der Waals surface area contributed by atoms with Crippen LogP contribution in [0.1, 0.15) is 11.3 Å². The average molecular weight is 292 g/mol. The minimum Gasteiger partial charge on any atom is -0.493 e. The standard InChI is InChI=1S/C14H20N4O3/c1-10-6-13(20-2)14(21-3)7-12(10)15-8-11-9-18(4-5-19)17-16-11/h6-7,9,15,19H,4-5,8H2,1-3H3. The van der Waals surface area contributed by atoms with Crippen LogP contribution >= 0.6 is 0 Å². The molecule has 0 unspecified atom stereocenters. The van der Waals surface area contributed by atoms with Gasteiger partial charge in [-0.3, -0.25) is 0 Å². The summed E-state index contributed by atoms with van der Waals surface area (Å²) < 4.78 is 12.2. The molecule has 0 saturated heterocycles. The van der Waals surface area contributed by atoms with Crippen LogP contribution in [0.2, 0.25) is 0 Å². The Morgan fingerprint density at radius 3 is 2.62 bits per heavy atom. The van der Waals surface area contributed by atoms with Gasteiger partial charge in [-0.05, 0) is 18.6 Å². The van der Waals surface area contributed by atoms with Gasteiger partial charge in [0, 0.05) is 11.8 Å². The Morgan fingerprint density at radius 2 is 1.95 bits per heavy atom. The van der Waals surface area contributed by atoms with Gasteiger partial charge >= 0.3 is 0 Å². The molecule has 21 heavy (non-hydrogen) atoms. The number of benzene rings is 1. The molecule has 0 radical (unpaired) electrons. The maximum atomic E-state index is 8.85. The highest BCUT2D eigenvalue weighted by Crippen LogP contribution is 2.32. The number of rotatable bonds is 7. The lowest BCUT2D eigenvalue weighted by atomic mass is 10.1. The number of ether oxygens (including phenoxy) is 2. The van der Waals surface area contributed by atoms with Crippen LogP contribution in [0.25, 0.3) is 0 Å². The Balaban J connectivity index is 2.08. The van der Waals surface area contributed by atoms with Crippen molar-refractivity contribution < 1.29 is 14.6 Å². The van der Waals surface area contributed by atoms with E-state index in [4.69, 9.17) is 14.6 Å². The van der Waals surface area contributed by atoms with Gasteiger partial charge < -0.3 is 19.9 Å². The number of nitrogens with zero attached hydrogens (tertiary/aromatic N) is 3. The summed E-state index contributed by atoms with van der Waals surface area (Å²) in [6.07, 6.45) is 1.80. The third-order valence-electron chi connectivity index (χ3n) is 3.11. The zero-order chi connectivity index (χ0) is 15.2. The smallest absolute Gasteiger partial charge is 0.162 e. The number of methoxy groups -OCH3 is 2. The Hall–Kier alpha value is -2.28. The fourth-order valence-electron chi connectivity index (χ4n) is 1.99. The molecular formula is C14H20N4O3. The maximum absolute atomic E-state index is 8.85. The number of nitrogens with one attached hydrogen (secondary N) is 1. The minimum absolute atomic E-state index is 0.0466. The molecule has 0 saturated carbocycles. The van der Waals surface area contributed by atoms with Gasteiger partial charge in [-0.25, -0.2) is 4.68 Å². The first kappa shape index (κ1) is 15.1. The van der Waals surface area contributed by atoms with Crippen LogP contribution in [0.5, 0.6) is 11.5 Å². The summed E-state index contributed by atoms with van der Waals surface area (Å²) in [7, 11) is 3.22. The number of anilines is 1. The fourth-order valence-corrected chi connectivity index (χ4v) is 1.99. The van der Waals surface area contributed by atoms with Crippen LogP contribution in [0.3, 0.4) is 0 Å². The minimum atomic E-state index is 0.0466. The molecule has 1 aromatic heterocycles. The number of aliphatic hydroxyl groups is 1. The highest BCUT2D eigenvalue weighted by molar-refractivity contribution is 5.60. The van der Waals surface area contributed by atoms with E-state index in [1.165, 1.54) is 0 Å². The Bertz CT molecular complexity index is 598. The molecule has 0 fully saturated rings. The van der Waals surface area contributed by atoms with Gasteiger partial charge in [-0.15, -0.1) is 5.10 Å². The zero-order valence-electron chi connectivity index (χ0n) is 12.5. The number of aliphatic hydroxyl groups excluding tert-OH is 1. The zero-order valence-corrected chi connectivity index (χ0v) is 12.5. The van der Waals surface area contributed by atoms with Crippen molar-refractivity contribution in [2.45, 2.75) is 20.0 Å². The van der Waals surface area contributed by atoms with Crippen LogP contribution < -0.4 is 14.8 Å². The van der Waals surface area contributed by atoms with E-state index in [1.807, 2.05) is 19.1 Å². The van der Waals surface area contributed by atoms with Crippen LogP contribution in [0.4, 0.5) is 5.69 Å². The number of aryl methyl sites for hydroxylation is 1. The molecule has 1 heterocycles. The van der Waals surface area contributed by atoms with E-state index in [0.29, 0.717) is 24.6 Å². The second-order valence-electron chi connectivity index (χ2n) is 4.57. The summed E-state index contributed by atoms with van der Waals surface area (Å²) in [4.78, 5) is 0. The molecule has 0 spiro atoms. The van der Waals surface area contributed by atoms with E-state index in [1.54, 1.807) is 25.1 Å². The lowest BCUT2D eigenvalue weighted by molar-refractivity contribution is 0.268. The van der Waals surface area contributed by atoms with Crippen LogP contribution in [-0.2, 0) is 13.1 Å². The lowest BCUT2D eigenvalue weighted by Gasteiger charge is -2.13. The van der Waals surface area contributed by atoms with E-state index in [-0.39, 0.29) is 6.61 Å². The third-order valence-corrected chi connectivity index (χ3v) is 3.11. The number of hydrogen-bond acceptors (Lipinski definition) is 6. The molecule has 0 atom stereocenters. The van der Waals surface area contributed by atoms with Crippen molar-refractivity contribution in [3.05, 3.63) is 29.6 Å². The quantitative estimate of drug-likeness (QED) is 0.798. The van der Waals surface area contributed by atoms with E-state index >= 15 is 0 Å². The van der Waals surface area contributed by atoms with Crippen LogP contribution in [0.15, 0.2) is 18.3 Å². The average Bonchev–Trinajstić information content (AvgIpc) is 2.93. The summed E-state index contributed by atoms with van der Waals surface area (Å²) >= 11 is 0. The van der Waals surface area contributed by atoms with Gasteiger partial charge in [0.25, 0.3) is 0 Å². The summed E-state index contributed by atoms with van der Waals surface area (Å²) in [6, 6.07) is 3.82. The van der Waals surface area contributed by atoms with E-state index < -0.39 is 0 Å². The lowest BCUT2D eigenvalue weighted by Crippen LogP contribution is -2.03. The van der Waals surface area contributed by atoms with Gasteiger partial charge in [0.05, 0.1) is 40.1 Å². The predicted octanol–water partition coefficient (Wildman–Crippen LogP) is 1.21. The van der Waals surface area contributed by atoms with Crippen molar-refractivity contribution in [1.82, 2.24) is 15.0 Å². The van der Waals surface area contributed by atoms with E-state index in [2.05, 4.69) is 15.6 Å². The fraction of sp³-hybridized carbons (Fsp3) is 0.429.